The van der Waals surface area contributed by atoms with Gasteiger partial charge in [-0.05, 0) is 31.8 Å². The van der Waals surface area contributed by atoms with Crippen molar-refractivity contribution >= 4 is 17.7 Å². The summed E-state index contributed by atoms with van der Waals surface area (Å²) in [5, 5.41) is 3.14. The Balaban J connectivity index is 3.74. The number of nitrogens with two attached hydrogens (primary N) is 1. The molecule has 0 rings (SSSR count). The van der Waals surface area contributed by atoms with E-state index in [-0.39, 0.29) is 6.04 Å². The summed E-state index contributed by atoms with van der Waals surface area (Å²) in [6.07, 6.45) is 4.40. The lowest BCUT2D eigenvalue weighted by molar-refractivity contribution is 0.179. The number of hydrazine groups is 1. The second-order valence-corrected chi connectivity index (χ2v) is 4.56. The summed E-state index contributed by atoms with van der Waals surface area (Å²) in [5.41, 5.74) is 2.56. The van der Waals surface area contributed by atoms with Crippen LogP contribution in [0.3, 0.4) is 0 Å². The SMILES string of the molecule is COCC(C)NC(=NCCCCSC)NN. The molecule has 0 amide bonds. The number of hydrogen-bond donors (Lipinski definition) is 3. The van der Waals surface area contributed by atoms with Crippen LogP contribution in [0.2, 0.25) is 0 Å². The van der Waals surface area contributed by atoms with Gasteiger partial charge in [-0.25, -0.2) is 5.84 Å². The van der Waals surface area contributed by atoms with Crippen LogP contribution in [0.5, 0.6) is 0 Å². The van der Waals surface area contributed by atoms with Crippen molar-refractivity contribution in [3.05, 3.63) is 0 Å². The van der Waals surface area contributed by atoms with Crippen molar-refractivity contribution in [3.63, 3.8) is 0 Å². The monoisotopic (exact) mass is 248 g/mol. The molecule has 0 bridgehead atoms. The minimum absolute atomic E-state index is 0.200. The highest BCUT2D eigenvalue weighted by molar-refractivity contribution is 7.98. The summed E-state index contributed by atoms with van der Waals surface area (Å²) in [7, 11) is 1.67. The molecule has 0 aromatic heterocycles. The number of ether oxygens (including phenoxy) is 1. The van der Waals surface area contributed by atoms with Crippen molar-refractivity contribution in [1.29, 1.82) is 0 Å². The van der Waals surface area contributed by atoms with Crippen molar-refractivity contribution in [1.82, 2.24) is 10.7 Å². The third kappa shape index (κ3) is 8.82. The van der Waals surface area contributed by atoms with Crippen molar-refractivity contribution in [2.75, 3.05) is 32.3 Å². The van der Waals surface area contributed by atoms with Gasteiger partial charge in [0.25, 0.3) is 0 Å². The predicted molar refractivity (Wildman–Crippen MR) is 71.7 cm³/mol. The molecule has 0 radical (unpaired) electrons. The molecule has 0 aromatic rings. The van der Waals surface area contributed by atoms with Gasteiger partial charge in [0, 0.05) is 19.7 Å². The van der Waals surface area contributed by atoms with E-state index in [0.717, 1.165) is 13.0 Å². The fourth-order valence-electron chi connectivity index (χ4n) is 1.21. The Bertz CT molecular complexity index is 190. The van der Waals surface area contributed by atoms with Crippen LogP contribution in [0, 0.1) is 0 Å². The average molecular weight is 248 g/mol. The molecule has 96 valence electrons. The molecular formula is C10H24N4OS. The Labute approximate surface area is 103 Å². The third-order valence-corrected chi connectivity index (χ3v) is 2.66. The first-order valence-corrected chi connectivity index (χ1v) is 6.89. The van der Waals surface area contributed by atoms with Gasteiger partial charge >= 0.3 is 0 Å². The van der Waals surface area contributed by atoms with Gasteiger partial charge < -0.3 is 10.1 Å². The van der Waals surface area contributed by atoms with Gasteiger partial charge in [-0.15, -0.1) is 0 Å². The second-order valence-electron chi connectivity index (χ2n) is 3.58. The summed E-state index contributed by atoms with van der Waals surface area (Å²) in [4.78, 5) is 4.34. The molecule has 0 fully saturated rings. The van der Waals surface area contributed by atoms with Gasteiger partial charge in [0.15, 0.2) is 0 Å². The Morgan fingerprint density at radius 2 is 2.25 bits per heavy atom. The smallest absolute Gasteiger partial charge is 0.206 e. The molecule has 6 heteroatoms. The van der Waals surface area contributed by atoms with E-state index in [4.69, 9.17) is 10.6 Å². The van der Waals surface area contributed by atoms with E-state index in [1.54, 1.807) is 7.11 Å². The molecule has 4 N–H and O–H groups in total. The molecule has 16 heavy (non-hydrogen) atoms. The first-order chi connectivity index (χ1) is 7.74. The Kier molecular flexibility index (Phi) is 10.7. The zero-order chi connectivity index (χ0) is 12.2. The number of unbranched alkanes of at least 4 members (excludes halogenated alkanes) is 1. The van der Waals surface area contributed by atoms with Gasteiger partial charge in [-0.1, -0.05) is 0 Å². The van der Waals surface area contributed by atoms with Crippen LogP contribution in [0.4, 0.5) is 0 Å². The van der Waals surface area contributed by atoms with Crippen molar-refractivity contribution < 1.29 is 4.74 Å². The number of nitrogens with one attached hydrogen (secondary N) is 2. The van der Waals surface area contributed by atoms with E-state index < -0.39 is 0 Å². The number of nitrogens with zero attached hydrogens (tertiary/aromatic N) is 1. The van der Waals surface area contributed by atoms with E-state index >= 15 is 0 Å². The molecule has 1 unspecified atom stereocenters. The summed E-state index contributed by atoms with van der Waals surface area (Å²) in [6, 6.07) is 0.200. The van der Waals surface area contributed by atoms with Crippen molar-refractivity contribution in [3.8, 4) is 0 Å². The highest BCUT2D eigenvalue weighted by Crippen LogP contribution is 1.98. The zero-order valence-corrected chi connectivity index (χ0v) is 11.3. The van der Waals surface area contributed by atoms with Crippen LogP contribution in [-0.4, -0.2) is 44.3 Å². The van der Waals surface area contributed by atoms with Crippen LogP contribution in [-0.2, 0) is 4.74 Å². The molecular weight excluding hydrogens is 224 g/mol. The van der Waals surface area contributed by atoms with Gasteiger partial charge in [-0.3, -0.25) is 10.4 Å². The van der Waals surface area contributed by atoms with Gasteiger partial charge in [0.2, 0.25) is 5.96 Å². The molecule has 0 aliphatic rings. The van der Waals surface area contributed by atoms with Crippen molar-refractivity contribution in [2.45, 2.75) is 25.8 Å². The van der Waals surface area contributed by atoms with Crippen LogP contribution in [0.1, 0.15) is 19.8 Å². The lowest BCUT2D eigenvalue weighted by Gasteiger charge is -2.15. The fraction of sp³-hybridized carbons (Fsp3) is 0.900. The quantitative estimate of drug-likeness (QED) is 0.193. The third-order valence-electron chi connectivity index (χ3n) is 1.96. The zero-order valence-electron chi connectivity index (χ0n) is 10.5. The van der Waals surface area contributed by atoms with E-state index in [1.807, 2.05) is 18.7 Å². The Morgan fingerprint density at radius 3 is 2.81 bits per heavy atom. The first-order valence-electron chi connectivity index (χ1n) is 5.50. The van der Waals surface area contributed by atoms with Crippen molar-refractivity contribution in [2.24, 2.45) is 10.8 Å². The summed E-state index contributed by atoms with van der Waals surface area (Å²) in [5.74, 6) is 7.19. The van der Waals surface area contributed by atoms with E-state index in [1.165, 1.54) is 12.2 Å². The average Bonchev–Trinajstić information content (AvgIpc) is 2.27. The second kappa shape index (κ2) is 11.0. The van der Waals surface area contributed by atoms with Gasteiger partial charge in [0.05, 0.1) is 6.61 Å². The van der Waals surface area contributed by atoms with Crippen LogP contribution in [0.25, 0.3) is 0 Å². The minimum Gasteiger partial charge on any atom is -0.383 e. The summed E-state index contributed by atoms with van der Waals surface area (Å²) >= 11 is 1.86. The number of methoxy groups -OCH3 is 1. The number of hydrogen-bond acceptors (Lipinski definition) is 4. The predicted octanol–water partition coefficient (Wildman–Crippen LogP) is 0.573. The number of guanidine groups is 1. The molecule has 5 nitrogen and oxygen atoms in total. The van der Waals surface area contributed by atoms with Gasteiger partial charge in [0.1, 0.15) is 0 Å². The number of rotatable bonds is 8. The molecule has 1 atom stereocenters. The topological polar surface area (TPSA) is 71.7 Å². The maximum atomic E-state index is 5.37. The first kappa shape index (κ1) is 15.5. The molecule has 0 heterocycles. The molecule has 0 saturated carbocycles. The maximum Gasteiger partial charge on any atom is 0.206 e. The molecule has 0 aliphatic heterocycles. The highest BCUT2D eigenvalue weighted by Gasteiger charge is 2.02. The summed E-state index contributed by atoms with van der Waals surface area (Å²) in [6.45, 7) is 3.45. The number of aliphatic imine (C=N–C) groups is 1. The minimum atomic E-state index is 0.200. The van der Waals surface area contributed by atoms with Gasteiger partial charge in [-0.2, -0.15) is 11.8 Å². The largest absolute Gasteiger partial charge is 0.383 e. The lowest BCUT2D eigenvalue weighted by atomic mass is 10.3. The van der Waals surface area contributed by atoms with Crippen LogP contribution >= 0.6 is 11.8 Å². The standard InChI is InChI=1S/C10H24N4OS/c1-9(8-15-2)13-10(14-11)12-6-4-5-7-16-3/h9H,4-8,11H2,1-3H3,(H2,12,13,14). The van der Waals surface area contributed by atoms with E-state index in [9.17, 15) is 0 Å². The summed E-state index contributed by atoms with van der Waals surface area (Å²) < 4.78 is 5.02. The van der Waals surface area contributed by atoms with Crippen LogP contribution in [0.15, 0.2) is 4.99 Å². The highest BCUT2D eigenvalue weighted by atomic mass is 32.2. The van der Waals surface area contributed by atoms with Crippen LogP contribution < -0.4 is 16.6 Å². The molecule has 0 spiro atoms. The lowest BCUT2D eigenvalue weighted by Crippen LogP contribution is -2.46. The Morgan fingerprint density at radius 1 is 1.50 bits per heavy atom. The molecule has 0 saturated heterocycles. The fourth-order valence-corrected chi connectivity index (χ4v) is 1.70. The maximum absolute atomic E-state index is 5.37. The van der Waals surface area contributed by atoms with E-state index in [0.29, 0.717) is 12.6 Å². The Hall–Kier alpha value is -0.460. The molecule has 0 aromatic carbocycles. The number of thioether (sulfide) groups is 1. The van der Waals surface area contributed by atoms with E-state index in [2.05, 4.69) is 22.0 Å². The normalized spacial score (nSPS) is 13.6. The molecule has 0 aliphatic carbocycles.